The number of anilines is 1. The van der Waals surface area contributed by atoms with E-state index in [-0.39, 0.29) is 23.0 Å². The molecule has 1 heterocycles. The summed E-state index contributed by atoms with van der Waals surface area (Å²) >= 11 is 0. The fraction of sp³-hybridized carbons (Fsp3) is 0.333. The van der Waals surface area contributed by atoms with Crippen LogP contribution in [-0.4, -0.2) is 29.7 Å². The first-order valence-corrected chi connectivity index (χ1v) is 7.87. The second-order valence-corrected chi connectivity index (χ2v) is 5.88. The molecule has 0 saturated heterocycles. The van der Waals surface area contributed by atoms with Gasteiger partial charge in [-0.05, 0) is 48.6 Å². The smallest absolute Gasteiger partial charge is 0.337 e. The normalized spacial score (nSPS) is 16.3. The van der Waals surface area contributed by atoms with Crippen molar-refractivity contribution in [2.24, 2.45) is 0 Å². The summed E-state index contributed by atoms with van der Waals surface area (Å²) in [7, 11) is 1.46. The van der Waals surface area contributed by atoms with Gasteiger partial charge in [0.25, 0.3) is 0 Å². The lowest BCUT2D eigenvalue weighted by Crippen LogP contribution is -2.19. The van der Waals surface area contributed by atoms with Crippen LogP contribution >= 0.6 is 0 Å². The van der Waals surface area contributed by atoms with E-state index in [9.17, 15) is 14.3 Å². The van der Waals surface area contributed by atoms with Gasteiger partial charge in [-0.15, -0.1) is 0 Å². The number of halogens is 1. The van der Waals surface area contributed by atoms with Crippen molar-refractivity contribution >= 4 is 11.7 Å². The van der Waals surface area contributed by atoms with Crippen molar-refractivity contribution in [2.45, 2.75) is 25.2 Å². The van der Waals surface area contributed by atoms with E-state index in [4.69, 9.17) is 4.74 Å². The highest BCUT2D eigenvalue weighted by Crippen LogP contribution is 2.35. The average molecular weight is 330 g/mol. The number of rotatable bonds is 5. The van der Waals surface area contributed by atoms with Crippen LogP contribution in [0.1, 0.15) is 40.2 Å². The van der Waals surface area contributed by atoms with Crippen molar-refractivity contribution in [1.29, 1.82) is 0 Å². The van der Waals surface area contributed by atoms with E-state index >= 15 is 0 Å². The van der Waals surface area contributed by atoms with Crippen LogP contribution in [-0.2, 0) is 6.42 Å². The molecule has 6 heteroatoms. The molecule has 0 amide bonds. The third kappa shape index (κ3) is 3.18. The second-order valence-electron chi connectivity index (χ2n) is 5.88. The van der Waals surface area contributed by atoms with Crippen LogP contribution in [0, 0.1) is 5.82 Å². The molecule has 0 fully saturated rings. The molecule has 1 aliphatic rings. The number of aromatic nitrogens is 1. The molecule has 0 aliphatic heterocycles. The number of hydrogen-bond acceptors (Lipinski definition) is 4. The van der Waals surface area contributed by atoms with Crippen molar-refractivity contribution < 1.29 is 19.0 Å². The minimum Gasteiger partial charge on any atom is -0.494 e. The van der Waals surface area contributed by atoms with Gasteiger partial charge in [0.2, 0.25) is 0 Å². The predicted octanol–water partition coefficient (Wildman–Crippen LogP) is 3.46. The Morgan fingerprint density at radius 3 is 3.08 bits per heavy atom. The molecular formula is C18H19FN2O3. The Hall–Kier alpha value is -2.63. The Morgan fingerprint density at radius 2 is 2.33 bits per heavy atom. The van der Waals surface area contributed by atoms with Crippen molar-refractivity contribution in [3.63, 3.8) is 0 Å². The molecule has 0 spiro atoms. The Kier molecular flexibility index (Phi) is 4.64. The third-order valence-electron chi connectivity index (χ3n) is 4.44. The maximum absolute atomic E-state index is 14.1. The average Bonchev–Trinajstić information content (AvgIpc) is 2.59. The summed E-state index contributed by atoms with van der Waals surface area (Å²) in [5, 5.41) is 12.4. The summed E-state index contributed by atoms with van der Waals surface area (Å²) < 4.78 is 19.1. The molecule has 0 saturated carbocycles. The topological polar surface area (TPSA) is 71.5 Å². The number of methoxy groups -OCH3 is 1. The van der Waals surface area contributed by atoms with Crippen molar-refractivity contribution in [3.8, 4) is 5.75 Å². The van der Waals surface area contributed by atoms with Crippen LogP contribution in [0.4, 0.5) is 10.1 Å². The minimum atomic E-state index is -1.00. The van der Waals surface area contributed by atoms with Gasteiger partial charge in [0.05, 0.1) is 24.6 Å². The molecular weight excluding hydrogens is 311 g/mol. The van der Waals surface area contributed by atoms with E-state index in [1.807, 2.05) is 0 Å². The van der Waals surface area contributed by atoms with Crippen molar-refractivity contribution in [2.75, 3.05) is 19.0 Å². The molecule has 1 aromatic heterocycles. The van der Waals surface area contributed by atoms with Gasteiger partial charge in [-0.2, -0.15) is 0 Å². The first-order chi connectivity index (χ1) is 11.6. The molecule has 0 unspecified atom stereocenters. The second kappa shape index (κ2) is 6.86. The minimum absolute atomic E-state index is 0.121. The Bertz CT molecular complexity index is 764. The summed E-state index contributed by atoms with van der Waals surface area (Å²) in [6.45, 7) is 0.532. The number of nitrogens with one attached hydrogen (secondary N) is 1. The number of pyridine rings is 1. The quantitative estimate of drug-likeness (QED) is 0.878. The summed E-state index contributed by atoms with van der Waals surface area (Å²) in [6, 6.07) is 4.77. The number of carboxylic acids is 1. The van der Waals surface area contributed by atoms with Crippen LogP contribution in [0.25, 0.3) is 0 Å². The van der Waals surface area contributed by atoms with E-state index in [1.165, 1.54) is 25.6 Å². The number of ether oxygens (including phenoxy) is 1. The highest BCUT2D eigenvalue weighted by Gasteiger charge is 2.23. The Labute approximate surface area is 139 Å². The van der Waals surface area contributed by atoms with Crippen LogP contribution in [0.5, 0.6) is 5.75 Å². The molecule has 3 rings (SSSR count). The lowest BCUT2D eigenvalue weighted by molar-refractivity contribution is 0.0698. The highest BCUT2D eigenvalue weighted by atomic mass is 19.1. The van der Waals surface area contributed by atoms with Gasteiger partial charge in [0.1, 0.15) is 0 Å². The standard InChI is InChI=1S/C18H19FN2O3/c1-24-17-7-11-3-2-4-12(14(11)8-15(17)19)9-21-16-10-20-6-5-13(16)18(22)23/h5-8,10,12,21H,2-4,9H2,1H3,(H,22,23)/t12-/m0/s1. The van der Waals surface area contributed by atoms with E-state index in [0.717, 1.165) is 30.4 Å². The summed E-state index contributed by atoms with van der Waals surface area (Å²) in [6.07, 6.45) is 5.78. The van der Waals surface area contributed by atoms with Crippen LogP contribution < -0.4 is 10.1 Å². The lowest BCUT2D eigenvalue weighted by atomic mass is 9.82. The summed E-state index contributed by atoms with van der Waals surface area (Å²) in [5.74, 6) is -0.978. The summed E-state index contributed by atoms with van der Waals surface area (Å²) in [4.78, 5) is 15.2. The first kappa shape index (κ1) is 16.2. The summed E-state index contributed by atoms with van der Waals surface area (Å²) in [5.41, 5.74) is 2.72. The van der Waals surface area contributed by atoms with Crippen LogP contribution in [0.2, 0.25) is 0 Å². The lowest BCUT2D eigenvalue weighted by Gasteiger charge is -2.27. The Morgan fingerprint density at radius 1 is 1.50 bits per heavy atom. The SMILES string of the molecule is COc1cc2c(cc1F)[C@H](CNc1cnccc1C(=O)O)CCC2. The van der Waals surface area contributed by atoms with E-state index in [1.54, 1.807) is 12.1 Å². The van der Waals surface area contributed by atoms with Gasteiger partial charge in [-0.25, -0.2) is 9.18 Å². The number of aryl methyl sites for hydroxylation is 1. The molecule has 0 radical (unpaired) electrons. The van der Waals surface area contributed by atoms with Gasteiger partial charge >= 0.3 is 5.97 Å². The number of aromatic carboxylic acids is 1. The fourth-order valence-corrected chi connectivity index (χ4v) is 3.23. The van der Waals surface area contributed by atoms with Crippen LogP contribution in [0.15, 0.2) is 30.6 Å². The molecule has 1 aliphatic carbocycles. The van der Waals surface area contributed by atoms with Gasteiger partial charge in [-0.1, -0.05) is 0 Å². The molecule has 2 aromatic rings. The van der Waals surface area contributed by atoms with E-state index < -0.39 is 5.97 Å². The first-order valence-electron chi connectivity index (χ1n) is 7.87. The molecule has 126 valence electrons. The number of benzene rings is 1. The zero-order valence-electron chi connectivity index (χ0n) is 13.4. The van der Waals surface area contributed by atoms with Crippen LogP contribution in [0.3, 0.4) is 0 Å². The maximum atomic E-state index is 14.1. The van der Waals surface area contributed by atoms with Crippen molar-refractivity contribution in [3.05, 3.63) is 53.1 Å². The number of nitrogens with zero attached hydrogens (tertiary/aromatic N) is 1. The predicted molar refractivity (Wildman–Crippen MR) is 88.3 cm³/mol. The number of carboxylic acid groups (broad SMARTS) is 1. The molecule has 5 nitrogen and oxygen atoms in total. The van der Waals surface area contributed by atoms with Gasteiger partial charge in [0.15, 0.2) is 11.6 Å². The fourth-order valence-electron chi connectivity index (χ4n) is 3.23. The molecule has 1 aromatic carbocycles. The molecule has 1 atom stereocenters. The van der Waals surface area contributed by atoms with Gasteiger partial charge in [-0.3, -0.25) is 4.98 Å². The van der Waals surface area contributed by atoms with Gasteiger partial charge in [0, 0.05) is 18.7 Å². The van der Waals surface area contributed by atoms with E-state index in [0.29, 0.717) is 12.2 Å². The third-order valence-corrected chi connectivity index (χ3v) is 4.44. The van der Waals surface area contributed by atoms with E-state index in [2.05, 4.69) is 10.3 Å². The van der Waals surface area contributed by atoms with Gasteiger partial charge < -0.3 is 15.2 Å². The number of fused-ring (bicyclic) bond motifs is 1. The highest BCUT2D eigenvalue weighted by molar-refractivity contribution is 5.93. The Balaban J connectivity index is 1.81. The zero-order chi connectivity index (χ0) is 17.1. The van der Waals surface area contributed by atoms with Crippen molar-refractivity contribution in [1.82, 2.24) is 4.98 Å². The molecule has 0 bridgehead atoms. The monoisotopic (exact) mass is 330 g/mol. The molecule has 24 heavy (non-hydrogen) atoms. The number of carbonyl (C=O) groups is 1. The number of hydrogen-bond donors (Lipinski definition) is 2. The maximum Gasteiger partial charge on any atom is 0.337 e. The largest absolute Gasteiger partial charge is 0.494 e. The zero-order valence-corrected chi connectivity index (χ0v) is 13.4. The molecule has 2 N–H and O–H groups in total.